The molecule has 12 rings (SSSR count). The average Bonchev–Trinajstić information content (AvgIpc) is 3.72. The molecule has 0 aliphatic carbocycles. The Morgan fingerprint density at radius 3 is 1.44 bits per heavy atom. The topological polar surface area (TPSA) is 51.8 Å². The zero-order valence-corrected chi connectivity index (χ0v) is 31.8. The molecular weight excluding hydrogens is 719 g/mol. The van der Waals surface area contributed by atoms with E-state index in [1.54, 1.807) is 0 Å². The van der Waals surface area contributed by atoms with Crippen LogP contribution in [0.1, 0.15) is 0 Å². The van der Waals surface area contributed by atoms with Gasteiger partial charge in [-0.05, 0) is 73.8 Å². The SMILES string of the molecule is c1ccc(-c2cc(-c3ccccc3)nc(-c3ccc(-c4ccc5nc(-c6ccc7c8ccccc8c8ccccc8c7c6)c6c7ccccc7oc6c5c4)cc3)n2)cc1. The van der Waals surface area contributed by atoms with Crippen LogP contribution in [-0.4, -0.2) is 15.0 Å². The molecule has 9 aromatic carbocycles. The summed E-state index contributed by atoms with van der Waals surface area (Å²) in [7, 11) is 0. The van der Waals surface area contributed by atoms with Crippen LogP contribution < -0.4 is 0 Å². The molecule has 274 valence electrons. The largest absolute Gasteiger partial charge is 0.455 e. The quantitative estimate of drug-likeness (QED) is 0.164. The molecule has 0 amide bonds. The van der Waals surface area contributed by atoms with E-state index in [4.69, 9.17) is 19.4 Å². The van der Waals surface area contributed by atoms with Crippen molar-refractivity contribution in [2.75, 3.05) is 0 Å². The van der Waals surface area contributed by atoms with Crippen molar-refractivity contribution in [3.05, 3.63) is 200 Å². The minimum absolute atomic E-state index is 0.686. The number of fused-ring (bicyclic) bond motifs is 11. The first-order chi connectivity index (χ1) is 29.2. The third-order valence-electron chi connectivity index (χ3n) is 11.7. The monoisotopic (exact) mass is 751 g/mol. The van der Waals surface area contributed by atoms with Gasteiger partial charge in [0, 0.05) is 33.0 Å². The Kier molecular flexibility index (Phi) is 7.50. The van der Waals surface area contributed by atoms with Gasteiger partial charge >= 0.3 is 0 Å². The number of aromatic nitrogens is 3. The highest BCUT2D eigenvalue weighted by Gasteiger charge is 2.20. The fourth-order valence-electron chi connectivity index (χ4n) is 8.81. The molecule has 0 atom stereocenters. The Balaban J connectivity index is 0.989. The molecule has 3 aromatic heterocycles. The van der Waals surface area contributed by atoms with Crippen molar-refractivity contribution >= 4 is 65.2 Å². The van der Waals surface area contributed by atoms with Crippen molar-refractivity contribution in [3.63, 3.8) is 0 Å². The lowest BCUT2D eigenvalue weighted by molar-refractivity contribution is 0.672. The average molecular weight is 752 g/mol. The summed E-state index contributed by atoms with van der Waals surface area (Å²) >= 11 is 0. The van der Waals surface area contributed by atoms with Crippen LogP contribution in [0.15, 0.2) is 205 Å². The van der Waals surface area contributed by atoms with E-state index in [1.807, 2.05) is 48.5 Å². The Morgan fingerprint density at radius 2 is 0.797 bits per heavy atom. The van der Waals surface area contributed by atoms with E-state index >= 15 is 0 Å². The molecular formula is C55H33N3O. The number of benzene rings is 9. The summed E-state index contributed by atoms with van der Waals surface area (Å²) in [6.07, 6.45) is 0. The summed E-state index contributed by atoms with van der Waals surface area (Å²) in [5.41, 5.74) is 11.5. The minimum atomic E-state index is 0.686. The van der Waals surface area contributed by atoms with Crippen molar-refractivity contribution in [2.24, 2.45) is 0 Å². The number of para-hydroxylation sites is 1. The van der Waals surface area contributed by atoms with Crippen molar-refractivity contribution in [1.82, 2.24) is 15.0 Å². The van der Waals surface area contributed by atoms with Crippen LogP contribution in [0.4, 0.5) is 0 Å². The molecule has 0 saturated carbocycles. The summed E-state index contributed by atoms with van der Waals surface area (Å²) in [6, 6.07) is 70.2. The lowest BCUT2D eigenvalue weighted by atomic mass is 9.92. The maximum Gasteiger partial charge on any atom is 0.160 e. The third kappa shape index (κ3) is 5.49. The lowest BCUT2D eigenvalue weighted by Crippen LogP contribution is -1.96. The van der Waals surface area contributed by atoms with Crippen molar-refractivity contribution in [1.29, 1.82) is 0 Å². The maximum absolute atomic E-state index is 6.75. The Morgan fingerprint density at radius 1 is 0.305 bits per heavy atom. The number of hydrogen-bond acceptors (Lipinski definition) is 4. The first kappa shape index (κ1) is 33.2. The number of furan rings is 1. The molecule has 0 aliphatic rings. The fourth-order valence-corrected chi connectivity index (χ4v) is 8.81. The van der Waals surface area contributed by atoms with Crippen molar-refractivity contribution < 1.29 is 4.42 Å². The van der Waals surface area contributed by atoms with E-state index in [2.05, 4.69) is 152 Å². The smallest absolute Gasteiger partial charge is 0.160 e. The maximum atomic E-state index is 6.75. The second kappa shape index (κ2) is 13.3. The number of pyridine rings is 1. The van der Waals surface area contributed by atoms with Gasteiger partial charge in [0.25, 0.3) is 0 Å². The van der Waals surface area contributed by atoms with Crippen LogP contribution >= 0.6 is 0 Å². The first-order valence-corrected chi connectivity index (χ1v) is 19.9. The van der Waals surface area contributed by atoms with Gasteiger partial charge in [0.05, 0.1) is 28.0 Å². The fraction of sp³-hybridized carbons (Fsp3) is 0. The zero-order valence-electron chi connectivity index (χ0n) is 31.8. The second-order valence-electron chi connectivity index (χ2n) is 15.1. The molecule has 4 heteroatoms. The molecule has 0 aliphatic heterocycles. The van der Waals surface area contributed by atoms with E-state index in [-0.39, 0.29) is 0 Å². The van der Waals surface area contributed by atoms with Crippen LogP contribution in [0.5, 0.6) is 0 Å². The molecule has 0 fully saturated rings. The van der Waals surface area contributed by atoms with E-state index in [0.29, 0.717) is 5.82 Å². The zero-order chi connectivity index (χ0) is 38.9. The Labute approximate surface area is 339 Å². The van der Waals surface area contributed by atoms with Crippen LogP contribution in [0.25, 0.3) is 121 Å². The number of rotatable bonds is 5. The highest BCUT2D eigenvalue weighted by Crippen LogP contribution is 2.43. The van der Waals surface area contributed by atoms with E-state index in [9.17, 15) is 0 Å². The first-order valence-electron chi connectivity index (χ1n) is 19.9. The molecule has 0 unspecified atom stereocenters. The van der Waals surface area contributed by atoms with Gasteiger partial charge in [-0.25, -0.2) is 15.0 Å². The van der Waals surface area contributed by atoms with E-state index in [1.165, 1.54) is 32.3 Å². The molecule has 0 saturated heterocycles. The van der Waals surface area contributed by atoms with Gasteiger partial charge in [0.2, 0.25) is 0 Å². The van der Waals surface area contributed by atoms with E-state index < -0.39 is 0 Å². The standard InChI is InChI=1S/C55H33N3O/c1-3-13-35(14-4-1)49-33-50(36-15-5-2-6-16-36)58-55(57-49)37-25-23-34(24-26-37)38-28-30-48-47(31-38)54-52(45-21-11-12-22-51(45)59-54)53(56-48)39-27-29-44-42-19-8-7-17-40(42)41-18-9-10-20-43(41)46(44)32-39/h1-33H. The highest BCUT2D eigenvalue weighted by molar-refractivity contribution is 6.26. The molecule has 12 aromatic rings. The predicted molar refractivity (Wildman–Crippen MR) is 244 cm³/mol. The molecule has 59 heavy (non-hydrogen) atoms. The highest BCUT2D eigenvalue weighted by atomic mass is 16.3. The van der Waals surface area contributed by atoms with Gasteiger partial charge in [-0.2, -0.15) is 0 Å². The van der Waals surface area contributed by atoms with Crippen molar-refractivity contribution in [3.8, 4) is 56.3 Å². The number of nitrogens with zero attached hydrogens (tertiary/aromatic N) is 3. The summed E-state index contributed by atoms with van der Waals surface area (Å²) < 4.78 is 6.75. The third-order valence-corrected chi connectivity index (χ3v) is 11.7. The molecule has 0 radical (unpaired) electrons. The molecule has 0 N–H and O–H groups in total. The van der Waals surface area contributed by atoms with Crippen LogP contribution in [0.2, 0.25) is 0 Å². The Hall–Kier alpha value is -7.95. The van der Waals surface area contributed by atoms with Gasteiger partial charge in [0.15, 0.2) is 5.82 Å². The minimum Gasteiger partial charge on any atom is -0.455 e. The molecule has 0 spiro atoms. The van der Waals surface area contributed by atoms with Crippen LogP contribution in [0, 0.1) is 0 Å². The molecule has 3 heterocycles. The predicted octanol–water partition coefficient (Wildman–Crippen LogP) is 14.7. The number of hydrogen-bond donors (Lipinski definition) is 0. The van der Waals surface area contributed by atoms with Crippen LogP contribution in [0.3, 0.4) is 0 Å². The normalized spacial score (nSPS) is 11.7. The van der Waals surface area contributed by atoms with Gasteiger partial charge < -0.3 is 4.42 Å². The van der Waals surface area contributed by atoms with Gasteiger partial charge in [-0.15, -0.1) is 0 Å². The van der Waals surface area contributed by atoms with Crippen molar-refractivity contribution in [2.45, 2.75) is 0 Å². The molecule has 0 bridgehead atoms. The summed E-state index contributed by atoms with van der Waals surface area (Å²) in [5.74, 6) is 0.686. The molecule has 4 nitrogen and oxygen atoms in total. The van der Waals surface area contributed by atoms with Crippen LogP contribution in [-0.2, 0) is 0 Å². The summed E-state index contributed by atoms with van der Waals surface area (Å²) in [6.45, 7) is 0. The Bertz CT molecular complexity index is 3500. The lowest BCUT2D eigenvalue weighted by Gasteiger charge is -2.13. The van der Waals surface area contributed by atoms with Gasteiger partial charge in [-0.1, -0.05) is 170 Å². The van der Waals surface area contributed by atoms with E-state index in [0.717, 1.165) is 83.3 Å². The summed E-state index contributed by atoms with van der Waals surface area (Å²) in [5, 5.41) is 10.5. The van der Waals surface area contributed by atoms with Gasteiger partial charge in [0.1, 0.15) is 11.2 Å². The van der Waals surface area contributed by atoms with Gasteiger partial charge in [-0.3, -0.25) is 0 Å². The second-order valence-corrected chi connectivity index (χ2v) is 15.1. The summed E-state index contributed by atoms with van der Waals surface area (Å²) in [4.78, 5) is 15.5.